The van der Waals surface area contributed by atoms with Crippen LogP contribution in [0.4, 0.5) is 0 Å². The molecule has 0 aromatic carbocycles. The third kappa shape index (κ3) is 5.04. The number of Topliss-reactive ketones (excluding diaryl/α,β-unsaturated/α-hetero) is 2. The first-order chi connectivity index (χ1) is 12.2. The maximum atomic E-state index is 13.2. The Morgan fingerprint density at radius 2 is 1.81 bits per heavy atom. The van der Waals surface area contributed by atoms with Crippen molar-refractivity contribution in [2.75, 3.05) is 6.61 Å². The molecule has 1 aliphatic rings. The summed E-state index contributed by atoms with van der Waals surface area (Å²) < 4.78 is 6.05. The molecule has 0 bridgehead atoms. The number of ether oxygens (including phenoxy) is 1. The maximum Gasteiger partial charge on any atom is 0.141 e. The summed E-state index contributed by atoms with van der Waals surface area (Å²) in [5.74, 6) is -0.177. The van der Waals surface area contributed by atoms with E-state index in [0.717, 1.165) is 0 Å². The van der Waals surface area contributed by atoms with Crippen LogP contribution in [0.2, 0.25) is 0 Å². The second-order valence-electron chi connectivity index (χ2n) is 8.18. The van der Waals surface area contributed by atoms with Crippen LogP contribution in [-0.2, 0) is 14.3 Å². The van der Waals surface area contributed by atoms with Crippen LogP contribution in [0.5, 0.6) is 0 Å². The number of aliphatic hydroxyl groups excluding tert-OH is 1. The highest BCUT2D eigenvalue weighted by Gasteiger charge is 2.59. The Balaban J connectivity index is 2.88. The minimum Gasteiger partial charge on any atom is -0.396 e. The number of hydrogen-bond acceptors (Lipinski definition) is 4. The van der Waals surface area contributed by atoms with Crippen molar-refractivity contribution in [1.29, 1.82) is 0 Å². The summed E-state index contributed by atoms with van der Waals surface area (Å²) in [6, 6.07) is 0. The molecular weight excluding hydrogens is 328 g/mol. The van der Waals surface area contributed by atoms with Gasteiger partial charge >= 0.3 is 0 Å². The predicted molar refractivity (Wildman–Crippen MR) is 105 cm³/mol. The number of epoxide rings is 1. The van der Waals surface area contributed by atoms with Gasteiger partial charge < -0.3 is 9.84 Å². The fourth-order valence-electron chi connectivity index (χ4n) is 4.31. The Morgan fingerprint density at radius 1 is 1.19 bits per heavy atom. The number of ketones is 2. The molecule has 0 unspecified atom stereocenters. The van der Waals surface area contributed by atoms with Crippen molar-refractivity contribution in [3.63, 3.8) is 0 Å². The fraction of sp³-hybridized carbons (Fsp3) is 0.818. The van der Waals surface area contributed by atoms with Crippen LogP contribution in [0, 0.1) is 29.6 Å². The average molecular weight is 367 g/mol. The van der Waals surface area contributed by atoms with Crippen LogP contribution in [-0.4, -0.2) is 35.0 Å². The molecule has 26 heavy (non-hydrogen) atoms. The quantitative estimate of drug-likeness (QED) is 0.415. The lowest BCUT2D eigenvalue weighted by atomic mass is 9.71. The number of aliphatic hydroxyl groups is 1. The summed E-state index contributed by atoms with van der Waals surface area (Å²) >= 11 is 0. The molecule has 1 heterocycles. The minimum absolute atomic E-state index is 0.0702. The van der Waals surface area contributed by atoms with Crippen molar-refractivity contribution in [3.8, 4) is 0 Å². The third-order valence-electron chi connectivity index (χ3n) is 6.37. The van der Waals surface area contributed by atoms with Crippen LogP contribution >= 0.6 is 0 Å². The van der Waals surface area contributed by atoms with Gasteiger partial charge in [0.2, 0.25) is 0 Å². The van der Waals surface area contributed by atoms with Gasteiger partial charge in [0.25, 0.3) is 0 Å². The maximum absolute atomic E-state index is 13.2. The molecule has 150 valence electrons. The molecule has 4 heteroatoms. The second-order valence-corrected chi connectivity index (χ2v) is 8.18. The van der Waals surface area contributed by atoms with Gasteiger partial charge in [-0.15, -0.1) is 0 Å². The minimum atomic E-state index is -0.480. The summed E-state index contributed by atoms with van der Waals surface area (Å²) in [5, 5.41) is 9.83. The molecule has 0 amide bonds. The lowest BCUT2D eigenvalue weighted by Crippen LogP contribution is -2.39. The third-order valence-corrected chi connectivity index (χ3v) is 6.37. The van der Waals surface area contributed by atoms with E-state index in [4.69, 9.17) is 4.74 Å². The topological polar surface area (TPSA) is 66.9 Å². The van der Waals surface area contributed by atoms with Gasteiger partial charge in [0.15, 0.2) is 0 Å². The summed E-state index contributed by atoms with van der Waals surface area (Å²) in [4.78, 5) is 25.0. The van der Waals surface area contributed by atoms with Gasteiger partial charge in [-0.25, -0.2) is 0 Å². The van der Waals surface area contributed by atoms with E-state index >= 15 is 0 Å². The Kier molecular flexibility index (Phi) is 8.68. The second kappa shape index (κ2) is 9.80. The van der Waals surface area contributed by atoms with E-state index in [1.807, 2.05) is 33.8 Å². The molecule has 0 aliphatic carbocycles. The predicted octanol–water partition coefficient (Wildman–Crippen LogP) is 4.20. The molecule has 1 aliphatic heterocycles. The number of rotatable bonds is 12. The van der Waals surface area contributed by atoms with E-state index < -0.39 is 5.92 Å². The van der Waals surface area contributed by atoms with E-state index in [2.05, 4.69) is 26.8 Å². The zero-order chi connectivity index (χ0) is 20.1. The van der Waals surface area contributed by atoms with Crippen molar-refractivity contribution >= 4 is 11.6 Å². The zero-order valence-corrected chi connectivity index (χ0v) is 17.6. The molecule has 0 saturated carbocycles. The molecule has 0 spiro atoms. The van der Waals surface area contributed by atoms with E-state index in [-0.39, 0.29) is 47.6 Å². The van der Waals surface area contributed by atoms with Crippen molar-refractivity contribution < 1.29 is 19.4 Å². The van der Waals surface area contributed by atoms with Gasteiger partial charge in [0.05, 0.1) is 18.3 Å². The number of allylic oxidation sites excluding steroid dienone is 1. The van der Waals surface area contributed by atoms with Gasteiger partial charge in [-0.3, -0.25) is 9.59 Å². The first-order valence-corrected chi connectivity index (χ1v) is 10.1. The smallest absolute Gasteiger partial charge is 0.141 e. The normalized spacial score (nSPS) is 28.4. The first-order valence-electron chi connectivity index (χ1n) is 10.1. The highest BCUT2D eigenvalue weighted by atomic mass is 16.6. The van der Waals surface area contributed by atoms with Gasteiger partial charge in [-0.05, 0) is 32.1 Å². The van der Waals surface area contributed by atoms with Crippen molar-refractivity contribution in [3.05, 3.63) is 12.2 Å². The van der Waals surface area contributed by atoms with Crippen molar-refractivity contribution in [2.24, 2.45) is 29.6 Å². The van der Waals surface area contributed by atoms with Gasteiger partial charge in [0, 0.05) is 30.6 Å². The number of carbonyl (C=O) groups is 2. The van der Waals surface area contributed by atoms with Crippen LogP contribution < -0.4 is 0 Å². The highest BCUT2D eigenvalue weighted by molar-refractivity contribution is 5.85. The van der Waals surface area contributed by atoms with Crippen molar-refractivity contribution in [2.45, 2.75) is 79.4 Å². The molecular formula is C22H38O4. The van der Waals surface area contributed by atoms with Gasteiger partial charge in [-0.2, -0.15) is 0 Å². The summed E-state index contributed by atoms with van der Waals surface area (Å²) in [6.45, 7) is 13.9. The molecule has 1 N–H and O–H groups in total. The SMILES string of the molecule is C/C=C\[C@H](C)[C@H]1O[C@@]1(C)[C@@H](C)[C@@H](CC)C(=O)[C@H](CO)[C@@H](C)CC(=O)CC. The highest BCUT2D eigenvalue weighted by Crippen LogP contribution is 2.50. The average Bonchev–Trinajstić information content (AvgIpc) is 3.29. The van der Waals surface area contributed by atoms with E-state index in [0.29, 0.717) is 25.2 Å². The molecule has 0 aromatic rings. The van der Waals surface area contributed by atoms with Gasteiger partial charge in [0.1, 0.15) is 11.6 Å². The molecule has 1 rings (SSSR count). The van der Waals surface area contributed by atoms with E-state index in [9.17, 15) is 14.7 Å². The summed E-state index contributed by atoms with van der Waals surface area (Å²) in [6.07, 6.45) is 5.85. The monoisotopic (exact) mass is 366 g/mol. The van der Waals surface area contributed by atoms with E-state index in [1.165, 1.54) is 0 Å². The number of hydrogen-bond donors (Lipinski definition) is 1. The van der Waals surface area contributed by atoms with Crippen molar-refractivity contribution in [1.82, 2.24) is 0 Å². The number of carbonyl (C=O) groups excluding carboxylic acids is 2. The molecule has 1 fully saturated rings. The Morgan fingerprint density at radius 3 is 2.27 bits per heavy atom. The van der Waals surface area contributed by atoms with Crippen LogP contribution in [0.25, 0.3) is 0 Å². The molecule has 1 saturated heterocycles. The first kappa shape index (κ1) is 23.0. The van der Waals surface area contributed by atoms with Gasteiger partial charge in [-0.1, -0.05) is 46.8 Å². The Labute approximate surface area is 159 Å². The molecule has 4 nitrogen and oxygen atoms in total. The summed E-state index contributed by atoms with van der Waals surface area (Å²) in [7, 11) is 0. The fourth-order valence-corrected chi connectivity index (χ4v) is 4.31. The van der Waals surface area contributed by atoms with E-state index in [1.54, 1.807) is 0 Å². The largest absolute Gasteiger partial charge is 0.396 e. The lowest BCUT2D eigenvalue weighted by Gasteiger charge is -2.31. The molecule has 0 radical (unpaired) electrons. The Bertz CT molecular complexity index is 512. The lowest BCUT2D eigenvalue weighted by molar-refractivity contribution is -0.133. The Hall–Kier alpha value is -1.00. The molecule has 7 atom stereocenters. The standard InChI is InChI=1S/C22H38O4/c1-8-11-14(4)21-22(7,26-21)16(6)18(10-3)20(25)19(13-23)15(5)12-17(24)9-2/h8,11,14-16,18-19,21,23H,9-10,12-13H2,1-7H3/b11-8-/t14-,15-,16-,18+,19+,21+,22-/m0/s1. The zero-order valence-electron chi connectivity index (χ0n) is 17.6. The van der Waals surface area contributed by atoms with Crippen LogP contribution in [0.1, 0.15) is 67.7 Å². The summed E-state index contributed by atoms with van der Waals surface area (Å²) in [5.41, 5.74) is -0.308. The van der Waals surface area contributed by atoms with Crippen LogP contribution in [0.15, 0.2) is 12.2 Å². The molecule has 0 aromatic heterocycles. The van der Waals surface area contributed by atoms with Crippen LogP contribution in [0.3, 0.4) is 0 Å².